The van der Waals surface area contributed by atoms with E-state index < -0.39 is 11.9 Å². The molecule has 188 valence electrons. The van der Waals surface area contributed by atoms with E-state index in [1.807, 2.05) is 67.6 Å². The first-order chi connectivity index (χ1) is 18.4. The number of halogens is 1. The highest BCUT2D eigenvalue weighted by molar-refractivity contribution is 6.32. The first-order valence-electron chi connectivity index (χ1n) is 11.8. The average molecular weight is 524 g/mol. The quantitative estimate of drug-likeness (QED) is 0.156. The predicted octanol–water partition coefficient (Wildman–Crippen LogP) is 6.89. The Kier molecular flexibility index (Phi) is 7.07. The van der Waals surface area contributed by atoms with Crippen LogP contribution in [0.25, 0.3) is 17.2 Å². The van der Waals surface area contributed by atoms with Crippen molar-refractivity contribution < 1.29 is 23.8 Å². The van der Waals surface area contributed by atoms with Gasteiger partial charge < -0.3 is 14.2 Å². The number of hydrogen-bond donors (Lipinski definition) is 0. The number of carbonyl (C=O) groups excluding carboxylic acids is 2. The van der Waals surface area contributed by atoms with Gasteiger partial charge in [-0.25, -0.2) is 14.6 Å². The minimum atomic E-state index is -0.586. The summed E-state index contributed by atoms with van der Waals surface area (Å²) in [5, 5.41) is 0.143. The van der Waals surface area contributed by atoms with E-state index in [1.165, 1.54) is 13.2 Å². The van der Waals surface area contributed by atoms with Gasteiger partial charge in [0.2, 0.25) is 5.90 Å². The highest BCUT2D eigenvalue weighted by Crippen LogP contribution is 2.38. The second-order valence-corrected chi connectivity index (χ2v) is 8.98. The molecule has 0 N–H and O–H groups in total. The molecule has 7 heteroatoms. The third kappa shape index (κ3) is 5.36. The largest absolute Gasteiger partial charge is 0.493 e. The summed E-state index contributed by atoms with van der Waals surface area (Å²) in [7, 11) is 1.44. The summed E-state index contributed by atoms with van der Waals surface area (Å²) in [6, 6.07) is 27.8. The molecule has 1 heterocycles. The van der Waals surface area contributed by atoms with Crippen LogP contribution in [-0.2, 0) is 9.53 Å². The second kappa shape index (κ2) is 10.7. The minimum Gasteiger partial charge on any atom is -0.493 e. The van der Waals surface area contributed by atoms with Gasteiger partial charge in [0.05, 0.1) is 17.7 Å². The van der Waals surface area contributed by atoms with E-state index in [1.54, 1.807) is 30.3 Å². The topological polar surface area (TPSA) is 74.2 Å². The first kappa shape index (κ1) is 25.0. The Morgan fingerprint density at radius 3 is 2.32 bits per heavy atom. The van der Waals surface area contributed by atoms with Gasteiger partial charge in [0.15, 0.2) is 17.2 Å². The molecule has 1 aliphatic heterocycles. The van der Waals surface area contributed by atoms with Crippen LogP contribution in [0, 0.1) is 6.92 Å². The molecular weight excluding hydrogens is 502 g/mol. The Morgan fingerprint density at radius 1 is 0.895 bits per heavy atom. The van der Waals surface area contributed by atoms with Crippen LogP contribution in [0.15, 0.2) is 102 Å². The van der Waals surface area contributed by atoms with Gasteiger partial charge in [0, 0.05) is 5.56 Å². The Morgan fingerprint density at radius 2 is 1.61 bits per heavy atom. The molecule has 4 aromatic rings. The zero-order valence-electron chi connectivity index (χ0n) is 20.6. The van der Waals surface area contributed by atoms with Crippen molar-refractivity contribution in [3.8, 4) is 22.6 Å². The fourth-order valence-electron chi connectivity index (χ4n) is 3.97. The lowest BCUT2D eigenvalue weighted by atomic mass is 10.0. The van der Waals surface area contributed by atoms with Gasteiger partial charge in [-0.1, -0.05) is 71.8 Å². The molecule has 0 bridgehead atoms. The number of esters is 2. The lowest BCUT2D eigenvalue weighted by molar-refractivity contribution is -0.129. The maximum absolute atomic E-state index is 12.6. The molecular formula is C31H22ClNO5. The van der Waals surface area contributed by atoms with Gasteiger partial charge in [-0.3, -0.25) is 0 Å². The molecule has 0 unspecified atom stereocenters. The smallest absolute Gasteiger partial charge is 0.363 e. The molecule has 4 aromatic carbocycles. The van der Waals surface area contributed by atoms with Gasteiger partial charge in [0.1, 0.15) is 0 Å². The lowest BCUT2D eigenvalue weighted by Crippen LogP contribution is -2.10. The number of ether oxygens (including phenoxy) is 3. The number of cyclic esters (lactones) is 1. The number of benzene rings is 4. The molecule has 1 aliphatic rings. The van der Waals surface area contributed by atoms with E-state index >= 15 is 0 Å². The molecule has 5 rings (SSSR count). The van der Waals surface area contributed by atoms with Crippen LogP contribution in [-0.4, -0.2) is 24.9 Å². The Hall–Kier alpha value is -4.68. The summed E-state index contributed by atoms with van der Waals surface area (Å²) in [4.78, 5) is 29.6. The van der Waals surface area contributed by atoms with Crippen molar-refractivity contribution in [2.75, 3.05) is 7.11 Å². The van der Waals surface area contributed by atoms with Gasteiger partial charge in [-0.15, -0.1) is 0 Å². The number of aliphatic imine (C=N–C) groups is 1. The van der Waals surface area contributed by atoms with Crippen molar-refractivity contribution in [2.24, 2.45) is 4.99 Å². The van der Waals surface area contributed by atoms with Crippen LogP contribution >= 0.6 is 11.6 Å². The van der Waals surface area contributed by atoms with Crippen molar-refractivity contribution >= 4 is 35.5 Å². The van der Waals surface area contributed by atoms with E-state index in [-0.39, 0.29) is 28.1 Å². The summed E-state index contributed by atoms with van der Waals surface area (Å²) >= 11 is 6.45. The van der Waals surface area contributed by atoms with Crippen molar-refractivity contribution in [2.45, 2.75) is 6.92 Å². The maximum atomic E-state index is 12.6. The molecule has 0 fully saturated rings. The molecule has 0 saturated carbocycles. The van der Waals surface area contributed by atoms with Gasteiger partial charge in [0.25, 0.3) is 0 Å². The minimum absolute atomic E-state index is 0.0829. The van der Waals surface area contributed by atoms with Crippen molar-refractivity contribution in [1.82, 2.24) is 0 Å². The van der Waals surface area contributed by atoms with Crippen LogP contribution in [0.4, 0.5) is 0 Å². The fourth-order valence-corrected chi connectivity index (χ4v) is 4.23. The monoisotopic (exact) mass is 523 g/mol. The van der Waals surface area contributed by atoms with Gasteiger partial charge >= 0.3 is 11.9 Å². The molecule has 0 saturated heterocycles. The second-order valence-electron chi connectivity index (χ2n) is 8.57. The van der Waals surface area contributed by atoms with E-state index in [4.69, 9.17) is 25.8 Å². The van der Waals surface area contributed by atoms with Crippen LogP contribution in [0.2, 0.25) is 5.02 Å². The average Bonchev–Trinajstić information content (AvgIpc) is 3.30. The van der Waals surface area contributed by atoms with Crippen molar-refractivity contribution in [3.05, 3.63) is 124 Å². The number of nitrogens with zero attached hydrogens (tertiary/aromatic N) is 1. The Balaban J connectivity index is 1.39. The summed E-state index contributed by atoms with van der Waals surface area (Å²) in [6.45, 7) is 1.88. The third-order valence-electron chi connectivity index (χ3n) is 5.86. The maximum Gasteiger partial charge on any atom is 0.363 e. The van der Waals surface area contributed by atoms with Crippen LogP contribution in [0.3, 0.4) is 0 Å². The molecule has 0 amide bonds. The van der Waals surface area contributed by atoms with Gasteiger partial charge in [-0.2, -0.15) is 0 Å². The van der Waals surface area contributed by atoms with E-state index in [0.29, 0.717) is 16.7 Å². The molecule has 0 aromatic heterocycles. The van der Waals surface area contributed by atoms with Crippen LogP contribution in [0.5, 0.6) is 11.5 Å². The molecule has 0 spiro atoms. The van der Waals surface area contributed by atoms with Gasteiger partial charge in [-0.05, 0) is 66.1 Å². The molecule has 6 nitrogen and oxygen atoms in total. The lowest BCUT2D eigenvalue weighted by Gasteiger charge is -2.12. The molecule has 0 radical (unpaired) electrons. The number of carbonyl (C=O) groups is 2. The summed E-state index contributed by atoms with van der Waals surface area (Å²) in [5.74, 6) is -0.622. The number of aryl methyl sites for hydroxylation is 1. The molecule has 0 aliphatic carbocycles. The highest BCUT2D eigenvalue weighted by Gasteiger charge is 2.25. The molecule has 0 atom stereocenters. The van der Waals surface area contributed by atoms with Crippen molar-refractivity contribution in [3.63, 3.8) is 0 Å². The number of hydrogen-bond acceptors (Lipinski definition) is 6. The summed E-state index contributed by atoms with van der Waals surface area (Å²) < 4.78 is 16.4. The van der Waals surface area contributed by atoms with Crippen molar-refractivity contribution in [1.29, 1.82) is 0 Å². The fraction of sp³-hybridized carbons (Fsp3) is 0.0645. The molecule has 38 heavy (non-hydrogen) atoms. The van der Waals surface area contributed by atoms with E-state index in [0.717, 1.165) is 16.7 Å². The third-order valence-corrected chi connectivity index (χ3v) is 6.14. The normalized spacial score (nSPS) is 13.7. The predicted molar refractivity (Wildman–Crippen MR) is 147 cm³/mol. The highest BCUT2D eigenvalue weighted by atomic mass is 35.5. The van der Waals surface area contributed by atoms with E-state index in [2.05, 4.69) is 4.99 Å². The summed E-state index contributed by atoms with van der Waals surface area (Å²) in [6.07, 6.45) is 1.54. The first-order valence-corrected chi connectivity index (χ1v) is 12.1. The Bertz CT molecular complexity index is 1590. The number of rotatable bonds is 6. The zero-order chi connectivity index (χ0) is 26.6. The van der Waals surface area contributed by atoms with E-state index in [9.17, 15) is 9.59 Å². The van der Waals surface area contributed by atoms with Crippen LogP contribution < -0.4 is 9.47 Å². The Labute approximate surface area is 224 Å². The zero-order valence-corrected chi connectivity index (χ0v) is 21.4. The van der Waals surface area contributed by atoms with Crippen LogP contribution in [0.1, 0.15) is 27.0 Å². The standard InChI is InChI=1S/C31H22ClNO5/c1-19-7-6-10-24(15-19)30(34)37-28-25(32)16-20(18-27(28)36-2)17-26-31(35)38-29(33-26)23-13-11-22(12-14-23)21-8-4-3-5-9-21/h3-18H,1-2H3/b26-17-. The number of methoxy groups -OCH3 is 1. The summed E-state index contributed by atoms with van der Waals surface area (Å²) in [5.41, 5.74) is 4.75. The SMILES string of the molecule is COc1cc(/C=C2\N=C(c3ccc(-c4ccccc4)cc3)OC2=O)cc(Cl)c1OC(=O)c1cccc(C)c1.